The van der Waals surface area contributed by atoms with Crippen LogP contribution in [0.1, 0.15) is 18.4 Å². The average molecular weight is 271 g/mol. The summed E-state index contributed by atoms with van der Waals surface area (Å²) >= 11 is 0. The molecule has 2 aromatic rings. The number of ether oxygens (including phenoxy) is 1. The quantitative estimate of drug-likeness (QED) is 0.910. The number of aliphatic imine (C=N–C) groups is 1. The summed E-state index contributed by atoms with van der Waals surface area (Å²) in [6, 6.07) is 8.42. The summed E-state index contributed by atoms with van der Waals surface area (Å²) < 4.78 is 5.68. The van der Waals surface area contributed by atoms with Gasteiger partial charge in [-0.3, -0.25) is 4.79 Å². The van der Waals surface area contributed by atoms with Crippen molar-refractivity contribution < 1.29 is 9.53 Å². The lowest BCUT2D eigenvalue weighted by Crippen LogP contribution is -2.28. The molecule has 5 nitrogen and oxygen atoms in total. The molecular weight excluding hydrogens is 254 g/mol. The molecule has 0 saturated heterocycles. The van der Waals surface area contributed by atoms with Crippen LogP contribution in [0, 0.1) is 0 Å². The van der Waals surface area contributed by atoms with E-state index in [1.807, 2.05) is 51.5 Å². The largest absolute Gasteiger partial charge is 0.451 e. The van der Waals surface area contributed by atoms with Crippen molar-refractivity contribution in [3.63, 3.8) is 0 Å². The molecule has 1 aromatic carbocycles. The van der Waals surface area contributed by atoms with Gasteiger partial charge in [0, 0.05) is 37.1 Å². The lowest BCUT2D eigenvalue weighted by Gasteiger charge is -2.19. The molecule has 0 unspecified atom stereocenters. The van der Waals surface area contributed by atoms with Crippen LogP contribution in [0.15, 0.2) is 35.5 Å². The molecular formula is C15H17N3O2. The van der Waals surface area contributed by atoms with Crippen LogP contribution in [0.25, 0.3) is 10.9 Å². The van der Waals surface area contributed by atoms with Crippen molar-refractivity contribution in [1.82, 2.24) is 9.88 Å². The number of nitrogens with zero attached hydrogens (tertiary/aromatic N) is 2. The first-order valence-electron chi connectivity index (χ1n) is 6.60. The number of hydrogen-bond acceptors (Lipinski definition) is 3. The number of fused-ring (bicyclic) bond motifs is 1. The van der Waals surface area contributed by atoms with Gasteiger partial charge in [-0.1, -0.05) is 25.1 Å². The summed E-state index contributed by atoms with van der Waals surface area (Å²) in [4.78, 5) is 20.9. The minimum absolute atomic E-state index is 0.0557. The first-order chi connectivity index (χ1) is 9.58. The molecule has 20 heavy (non-hydrogen) atoms. The van der Waals surface area contributed by atoms with E-state index in [-0.39, 0.29) is 11.8 Å². The van der Waals surface area contributed by atoms with Crippen LogP contribution in [0.2, 0.25) is 0 Å². The van der Waals surface area contributed by atoms with Gasteiger partial charge in [0.2, 0.25) is 0 Å². The maximum atomic E-state index is 12.0. The molecule has 104 valence electrons. The maximum Gasteiger partial charge on any atom is 0.295 e. The Labute approximate surface area is 117 Å². The Hall–Kier alpha value is -2.30. The fourth-order valence-electron chi connectivity index (χ4n) is 2.50. The number of amides is 1. The minimum atomic E-state index is -0.549. The molecule has 0 aliphatic carbocycles. The van der Waals surface area contributed by atoms with Crippen molar-refractivity contribution >= 4 is 22.8 Å². The van der Waals surface area contributed by atoms with E-state index in [1.54, 1.807) is 4.90 Å². The monoisotopic (exact) mass is 271 g/mol. The highest BCUT2D eigenvalue weighted by molar-refractivity contribution is 5.99. The average Bonchev–Trinajstić information content (AvgIpc) is 3.01. The fourth-order valence-corrected chi connectivity index (χ4v) is 2.50. The van der Waals surface area contributed by atoms with E-state index in [9.17, 15) is 4.79 Å². The number of para-hydroxylation sites is 1. The highest BCUT2D eigenvalue weighted by atomic mass is 16.5. The second-order valence-corrected chi connectivity index (χ2v) is 5.24. The molecule has 2 heterocycles. The molecule has 0 saturated carbocycles. The summed E-state index contributed by atoms with van der Waals surface area (Å²) in [5, 5.41) is 1.12. The fraction of sp³-hybridized carbons (Fsp3) is 0.333. The second-order valence-electron chi connectivity index (χ2n) is 5.24. The molecule has 1 aromatic heterocycles. The van der Waals surface area contributed by atoms with E-state index in [0.29, 0.717) is 6.02 Å². The predicted molar refractivity (Wildman–Crippen MR) is 77.7 cm³/mol. The van der Waals surface area contributed by atoms with Crippen molar-refractivity contribution in [3.8, 4) is 0 Å². The third kappa shape index (κ3) is 1.95. The number of amidine groups is 1. The standard InChI is InChI=1S/C15H17N3O2/c1-9(13-14(19)17-15(20-13)18(2)3)11-8-16-12-7-5-4-6-10(11)12/h4-9,13,16H,1-3H3/t9-,13+/m1/s1. The van der Waals surface area contributed by atoms with Crippen molar-refractivity contribution in [3.05, 3.63) is 36.0 Å². The van der Waals surface area contributed by atoms with Gasteiger partial charge in [-0.25, -0.2) is 0 Å². The number of hydrogen-bond donors (Lipinski definition) is 1. The highest BCUT2D eigenvalue weighted by Crippen LogP contribution is 2.31. The Balaban J connectivity index is 1.91. The number of benzene rings is 1. The normalized spacial score (nSPS) is 19.9. The summed E-state index contributed by atoms with van der Waals surface area (Å²) in [5.74, 6) is -0.272. The van der Waals surface area contributed by atoms with Gasteiger partial charge in [-0.15, -0.1) is 0 Å². The summed E-state index contributed by atoms with van der Waals surface area (Å²) in [7, 11) is 3.62. The highest BCUT2D eigenvalue weighted by Gasteiger charge is 2.36. The maximum absolute atomic E-state index is 12.0. The molecule has 3 rings (SSSR count). The zero-order valence-corrected chi connectivity index (χ0v) is 11.8. The summed E-state index contributed by atoms with van der Waals surface area (Å²) in [6.07, 6.45) is 1.39. The Bertz CT molecular complexity index is 687. The van der Waals surface area contributed by atoms with Gasteiger partial charge in [0.15, 0.2) is 6.10 Å². The van der Waals surface area contributed by atoms with E-state index in [0.717, 1.165) is 16.5 Å². The van der Waals surface area contributed by atoms with Crippen LogP contribution in [-0.2, 0) is 9.53 Å². The number of aromatic nitrogens is 1. The van der Waals surface area contributed by atoms with Gasteiger partial charge < -0.3 is 14.6 Å². The first kappa shape index (κ1) is 12.7. The van der Waals surface area contributed by atoms with Crippen molar-refractivity contribution in [1.29, 1.82) is 0 Å². The SMILES string of the molecule is C[C@H](c1c[nH]c2ccccc12)[C@@H]1OC(N(C)C)=NC1=O. The number of H-pyrrole nitrogens is 1. The molecule has 1 amide bonds. The summed E-state index contributed by atoms with van der Waals surface area (Å²) in [6.45, 7) is 1.99. The zero-order chi connectivity index (χ0) is 14.3. The van der Waals surface area contributed by atoms with Crippen LogP contribution < -0.4 is 0 Å². The third-order valence-corrected chi connectivity index (χ3v) is 3.63. The summed E-state index contributed by atoms with van der Waals surface area (Å²) in [5.41, 5.74) is 2.14. The number of nitrogens with one attached hydrogen (secondary N) is 1. The van der Waals surface area contributed by atoms with Crippen molar-refractivity contribution in [2.24, 2.45) is 4.99 Å². The minimum Gasteiger partial charge on any atom is -0.451 e. The van der Waals surface area contributed by atoms with Gasteiger partial charge in [0.05, 0.1) is 0 Å². The molecule has 5 heteroatoms. The lowest BCUT2D eigenvalue weighted by atomic mass is 9.94. The van der Waals surface area contributed by atoms with E-state index in [4.69, 9.17) is 4.74 Å². The molecule has 2 atom stereocenters. The Kier molecular flexibility index (Phi) is 2.97. The van der Waals surface area contributed by atoms with E-state index >= 15 is 0 Å². The van der Waals surface area contributed by atoms with E-state index in [1.165, 1.54) is 0 Å². The first-order valence-corrected chi connectivity index (χ1v) is 6.60. The van der Waals surface area contributed by atoms with Gasteiger partial charge in [-0.2, -0.15) is 4.99 Å². The molecule has 1 aliphatic rings. The van der Waals surface area contributed by atoms with Gasteiger partial charge >= 0.3 is 0 Å². The third-order valence-electron chi connectivity index (χ3n) is 3.63. The van der Waals surface area contributed by atoms with E-state index in [2.05, 4.69) is 9.98 Å². The van der Waals surface area contributed by atoms with Crippen molar-refractivity contribution in [2.45, 2.75) is 18.9 Å². The Morgan fingerprint density at radius 2 is 2.10 bits per heavy atom. The van der Waals surface area contributed by atoms with Gasteiger partial charge in [-0.05, 0) is 11.6 Å². The molecule has 0 fully saturated rings. The Morgan fingerprint density at radius 3 is 2.80 bits per heavy atom. The number of aromatic amines is 1. The van der Waals surface area contributed by atoms with Crippen LogP contribution in [0.3, 0.4) is 0 Å². The van der Waals surface area contributed by atoms with Crippen LogP contribution in [-0.4, -0.2) is 42.0 Å². The smallest absolute Gasteiger partial charge is 0.295 e. The van der Waals surface area contributed by atoms with Gasteiger partial charge in [0.25, 0.3) is 11.9 Å². The van der Waals surface area contributed by atoms with Crippen LogP contribution in [0.5, 0.6) is 0 Å². The van der Waals surface area contributed by atoms with Crippen LogP contribution >= 0.6 is 0 Å². The zero-order valence-electron chi connectivity index (χ0n) is 11.8. The lowest BCUT2D eigenvalue weighted by molar-refractivity contribution is -0.123. The molecule has 0 spiro atoms. The molecule has 0 radical (unpaired) electrons. The number of carbonyl (C=O) groups is 1. The van der Waals surface area contributed by atoms with E-state index < -0.39 is 6.10 Å². The van der Waals surface area contributed by atoms with Crippen molar-refractivity contribution in [2.75, 3.05) is 14.1 Å². The number of rotatable bonds is 2. The van der Waals surface area contributed by atoms with Crippen LogP contribution in [0.4, 0.5) is 0 Å². The van der Waals surface area contributed by atoms with Gasteiger partial charge in [0.1, 0.15) is 0 Å². The molecule has 1 N–H and O–H groups in total. The second kappa shape index (κ2) is 4.67. The predicted octanol–water partition coefficient (Wildman–Crippen LogP) is 2.11. The number of carbonyl (C=O) groups excluding carboxylic acids is 1. The Morgan fingerprint density at radius 1 is 1.35 bits per heavy atom. The molecule has 0 bridgehead atoms. The topological polar surface area (TPSA) is 57.7 Å². The molecule has 1 aliphatic heterocycles.